The first kappa shape index (κ1) is 22.8. The number of carbonyl (C=O) groups excluding carboxylic acids is 2. The van der Waals surface area contributed by atoms with Crippen molar-refractivity contribution in [2.75, 3.05) is 13.7 Å². The maximum absolute atomic E-state index is 13.1. The van der Waals surface area contributed by atoms with Crippen LogP contribution in [0.2, 0.25) is 25.7 Å². The maximum atomic E-state index is 13.1. The molecule has 0 saturated heterocycles. The second-order valence-corrected chi connectivity index (χ2v) is 14.7. The van der Waals surface area contributed by atoms with Gasteiger partial charge in [0, 0.05) is 43.8 Å². The van der Waals surface area contributed by atoms with Crippen LogP contribution in [0.15, 0.2) is 29.8 Å². The van der Waals surface area contributed by atoms with Gasteiger partial charge in [-0.25, -0.2) is 9.78 Å². The summed E-state index contributed by atoms with van der Waals surface area (Å²) in [5.74, 6) is -0.996. The van der Waals surface area contributed by atoms with Crippen LogP contribution in [0.3, 0.4) is 0 Å². The summed E-state index contributed by atoms with van der Waals surface area (Å²) in [6.07, 6.45) is 1.62. The number of aromatic nitrogens is 2. The van der Waals surface area contributed by atoms with Crippen molar-refractivity contribution in [3.63, 3.8) is 0 Å². The van der Waals surface area contributed by atoms with Crippen LogP contribution in [0.5, 0.6) is 0 Å². The summed E-state index contributed by atoms with van der Waals surface area (Å²) in [6, 6.07) is 5.31. The Bertz CT molecular complexity index is 1150. The van der Waals surface area contributed by atoms with E-state index >= 15 is 0 Å². The molecule has 0 saturated carbocycles. The summed E-state index contributed by atoms with van der Waals surface area (Å²) in [5, 5.41) is 13.4. The minimum absolute atomic E-state index is 0.0601. The highest BCUT2D eigenvalue weighted by molar-refractivity contribution is 7.12. The van der Waals surface area contributed by atoms with Crippen LogP contribution in [0, 0.1) is 10.1 Å². The molecule has 0 unspecified atom stereocenters. The van der Waals surface area contributed by atoms with Gasteiger partial charge in [0.1, 0.15) is 6.73 Å². The van der Waals surface area contributed by atoms with Crippen molar-refractivity contribution >= 4 is 47.8 Å². The van der Waals surface area contributed by atoms with Crippen molar-refractivity contribution in [3.8, 4) is 0 Å². The van der Waals surface area contributed by atoms with Crippen LogP contribution in [-0.2, 0) is 16.2 Å². The number of non-ortho nitro benzene ring substituents is 1. The maximum Gasteiger partial charge on any atom is 0.357 e. The van der Waals surface area contributed by atoms with Gasteiger partial charge in [-0.15, -0.1) is 11.3 Å². The Kier molecular flexibility index (Phi) is 6.67. The van der Waals surface area contributed by atoms with Crippen LogP contribution in [0.25, 0.3) is 10.9 Å². The molecule has 164 valence electrons. The quantitative estimate of drug-likeness (QED) is 0.116. The number of ketones is 1. The average molecular weight is 462 g/mol. The van der Waals surface area contributed by atoms with E-state index in [0.29, 0.717) is 23.1 Å². The van der Waals surface area contributed by atoms with Gasteiger partial charge < -0.3 is 14.0 Å². The number of methoxy groups -OCH3 is 1. The van der Waals surface area contributed by atoms with Gasteiger partial charge in [-0.05, 0) is 12.1 Å². The van der Waals surface area contributed by atoms with Gasteiger partial charge in [-0.2, -0.15) is 0 Å². The number of nitrogens with zero attached hydrogens (tertiary/aromatic N) is 3. The molecule has 11 heteroatoms. The number of nitro groups is 1. The third-order valence-corrected chi connectivity index (χ3v) is 7.19. The zero-order valence-corrected chi connectivity index (χ0v) is 19.5. The van der Waals surface area contributed by atoms with E-state index in [0.717, 1.165) is 17.4 Å². The van der Waals surface area contributed by atoms with Crippen LogP contribution < -0.4 is 0 Å². The molecule has 9 nitrogen and oxygen atoms in total. The molecule has 0 fully saturated rings. The number of esters is 1. The fourth-order valence-electron chi connectivity index (χ4n) is 2.91. The standard InChI is InChI=1S/C20H23N3O6SSi/c1-28-20(25)16-11-30-19(21-16)18(24)15-10-22(12-29-7-8-31(2,3)4)17-9-13(23(26)27)5-6-14(15)17/h5-6,9-11H,7-8,12H2,1-4H3. The van der Waals surface area contributed by atoms with Crippen molar-refractivity contribution in [2.45, 2.75) is 32.4 Å². The number of hydrogen-bond donors (Lipinski definition) is 0. The van der Waals surface area contributed by atoms with E-state index in [1.165, 1.54) is 24.6 Å². The highest BCUT2D eigenvalue weighted by Crippen LogP contribution is 2.28. The predicted molar refractivity (Wildman–Crippen MR) is 120 cm³/mol. The smallest absolute Gasteiger partial charge is 0.357 e. The average Bonchev–Trinajstić information content (AvgIpc) is 3.34. The summed E-state index contributed by atoms with van der Waals surface area (Å²) in [7, 11) is -0.0204. The second-order valence-electron chi connectivity index (χ2n) is 8.18. The van der Waals surface area contributed by atoms with Crippen LogP contribution in [-0.4, -0.2) is 48.0 Å². The Morgan fingerprint density at radius 2 is 2.03 bits per heavy atom. The summed E-state index contributed by atoms with van der Waals surface area (Å²) >= 11 is 1.04. The van der Waals surface area contributed by atoms with Crippen molar-refractivity contribution in [1.82, 2.24) is 9.55 Å². The zero-order valence-electron chi connectivity index (χ0n) is 17.7. The van der Waals surface area contributed by atoms with Crippen LogP contribution >= 0.6 is 11.3 Å². The molecule has 0 N–H and O–H groups in total. The van der Waals surface area contributed by atoms with Gasteiger partial charge in [0.2, 0.25) is 5.78 Å². The number of rotatable bonds is 9. The monoisotopic (exact) mass is 461 g/mol. The van der Waals surface area contributed by atoms with Gasteiger partial charge in [0.05, 0.1) is 23.1 Å². The van der Waals surface area contributed by atoms with Gasteiger partial charge in [0.15, 0.2) is 10.7 Å². The van der Waals surface area contributed by atoms with Gasteiger partial charge in [-0.3, -0.25) is 14.9 Å². The number of nitro benzene ring substituents is 1. The lowest BCUT2D eigenvalue weighted by Crippen LogP contribution is -2.21. The number of thiazole rings is 1. The molecule has 0 amide bonds. The van der Waals surface area contributed by atoms with Crippen LogP contribution in [0.4, 0.5) is 5.69 Å². The zero-order chi connectivity index (χ0) is 22.8. The van der Waals surface area contributed by atoms with Gasteiger partial charge >= 0.3 is 5.97 Å². The Morgan fingerprint density at radius 1 is 1.29 bits per heavy atom. The van der Waals surface area contributed by atoms with Crippen molar-refractivity contribution < 1.29 is 24.0 Å². The second kappa shape index (κ2) is 9.08. The van der Waals surface area contributed by atoms with E-state index in [2.05, 4.69) is 29.4 Å². The van der Waals surface area contributed by atoms with Gasteiger partial charge in [0.25, 0.3) is 5.69 Å². The lowest BCUT2D eigenvalue weighted by atomic mass is 10.1. The van der Waals surface area contributed by atoms with E-state index in [1.807, 2.05) is 0 Å². The van der Waals surface area contributed by atoms with Crippen molar-refractivity contribution in [3.05, 3.63) is 56.2 Å². The third-order valence-electron chi connectivity index (χ3n) is 4.64. The number of fused-ring (bicyclic) bond motifs is 1. The molecular formula is C20H23N3O6SSi. The first-order chi connectivity index (χ1) is 14.6. The Morgan fingerprint density at radius 3 is 2.68 bits per heavy atom. The molecule has 0 aliphatic rings. The van der Waals surface area contributed by atoms with Crippen molar-refractivity contribution in [2.24, 2.45) is 0 Å². The van der Waals surface area contributed by atoms with E-state index in [9.17, 15) is 19.7 Å². The molecular weight excluding hydrogens is 438 g/mol. The molecule has 0 spiro atoms. The Labute approximate surface area is 183 Å². The first-order valence-electron chi connectivity index (χ1n) is 9.54. The minimum Gasteiger partial charge on any atom is -0.464 e. The lowest BCUT2D eigenvalue weighted by Gasteiger charge is -2.15. The third kappa shape index (κ3) is 5.24. The summed E-state index contributed by atoms with van der Waals surface area (Å²) < 4.78 is 12.1. The number of benzene rings is 1. The molecule has 2 aromatic heterocycles. The molecule has 0 radical (unpaired) electrons. The molecule has 0 bridgehead atoms. The summed E-state index contributed by atoms with van der Waals surface area (Å²) in [6.45, 7) is 7.48. The van der Waals surface area contributed by atoms with E-state index in [-0.39, 0.29) is 28.9 Å². The molecule has 0 aliphatic carbocycles. The number of ether oxygens (including phenoxy) is 2. The molecule has 3 rings (SSSR count). The normalized spacial score (nSPS) is 11.6. The topological polar surface area (TPSA) is 114 Å². The molecule has 3 aromatic rings. The number of hydrogen-bond acceptors (Lipinski definition) is 8. The fourth-order valence-corrected chi connectivity index (χ4v) is 4.41. The fraction of sp³-hybridized carbons (Fsp3) is 0.350. The van der Waals surface area contributed by atoms with E-state index in [1.54, 1.807) is 16.8 Å². The highest BCUT2D eigenvalue weighted by Gasteiger charge is 2.23. The minimum atomic E-state index is -1.26. The molecule has 2 heterocycles. The first-order valence-corrected chi connectivity index (χ1v) is 14.1. The Hall–Kier alpha value is -2.89. The predicted octanol–water partition coefficient (Wildman–Crippen LogP) is 4.34. The van der Waals surface area contributed by atoms with Gasteiger partial charge in [-0.1, -0.05) is 19.6 Å². The SMILES string of the molecule is COC(=O)c1csc(C(=O)c2cn(COCC[Si](C)(C)C)c3cc([N+](=O)[O-])ccc23)n1. The molecule has 1 aromatic carbocycles. The van der Waals surface area contributed by atoms with Crippen molar-refractivity contribution in [1.29, 1.82) is 0 Å². The molecule has 0 atom stereocenters. The highest BCUT2D eigenvalue weighted by atomic mass is 32.1. The Balaban J connectivity index is 1.95. The van der Waals surface area contributed by atoms with Crippen LogP contribution in [0.1, 0.15) is 25.9 Å². The molecule has 0 aliphatic heterocycles. The largest absolute Gasteiger partial charge is 0.464 e. The summed E-state index contributed by atoms with van der Waals surface area (Å²) in [5.41, 5.74) is 0.847. The summed E-state index contributed by atoms with van der Waals surface area (Å²) in [4.78, 5) is 39.6. The van der Waals surface area contributed by atoms with E-state index < -0.39 is 19.0 Å². The lowest BCUT2D eigenvalue weighted by molar-refractivity contribution is -0.384. The number of carbonyl (C=O) groups is 2. The van der Waals surface area contributed by atoms with E-state index in [4.69, 9.17) is 4.74 Å². The molecule has 31 heavy (non-hydrogen) atoms.